The van der Waals surface area contributed by atoms with Gasteiger partial charge in [-0.1, -0.05) is 20.8 Å². The summed E-state index contributed by atoms with van der Waals surface area (Å²) in [6.07, 6.45) is -2.75. The zero-order chi connectivity index (χ0) is 11.3. The standard InChI is InChI=1S/C10H22O4/c1-6(2)4-8(12)10(14)9(13)7(3)5-11/h6-14H,4-5H2,1-3H3/t7-,8+,9+,10+/m0/s1. The van der Waals surface area contributed by atoms with E-state index in [1.807, 2.05) is 13.8 Å². The summed E-state index contributed by atoms with van der Waals surface area (Å²) < 4.78 is 0. The highest BCUT2D eigenvalue weighted by molar-refractivity contribution is 4.79. The maximum atomic E-state index is 9.53. The largest absolute Gasteiger partial charge is 0.396 e. The van der Waals surface area contributed by atoms with Crippen LogP contribution in [0.4, 0.5) is 0 Å². The fraction of sp³-hybridized carbons (Fsp3) is 1.00. The van der Waals surface area contributed by atoms with Gasteiger partial charge in [-0.3, -0.25) is 0 Å². The second-order valence-electron chi connectivity index (χ2n) is 4.34. The lowest BCUT2D eigenvalue weighted by Gasteiger charge is -2.27. The van der Waals surface area contributed by atoms with Gasteiger partial charge in [0.1, 0.15) is 6.10 Å². The number of aliphatic hydroxyl groups is 4. The van der Waals surface area contributed by atoms with Crippen LogP contribution in [0.1, 0.15) is 27.2 Å². The van der Waals surface area contributed by atoms with Crippen LogP contribution in [-0.2, 0) is 0 Å². The molecule has 0 bridgehead atoms. The van der Waals surface area contributed by atoms with E-state index in [0.29, 0.717) is 6.42 Å². The van der Waals surface area contributed by atoms with E-state index in [-0.39, 0.29) is 12.5 Å². The summed E-state index contributed by atoms with van der Waals surface area (Å²) in [6.45, 7) is 5.28. The molecule has 4 atom stereocenters. The molecule has 4 nitrogen and oxygen atoms in total. The fourth-order valence-electron chi connectivity index (χ4n) is 1.29. The molecule has 0 aliphatic heterocycles. The van der Waals surface area contributed by atoms with Gasteiger partial charge >= 0.3 is 0 Å². The molecule has 0 aromatic heterocycles. The van der Waals surface area contributed by atoms with Gasteiger partial charge < -0.3 is 20.4 Å². The third-order valence-corrected chi connectivity index (χ3v) is 2.33. The minimum absolute atomic E-state index is 0.202. The van der Waals surface area contributed by atoms with Crippen molar-refractivity contribution in [3.05, 3.63) is 0 Å². The highest BCUT2D eigenvalue weighted by atomic mass is 16.4. The number of hydrogen-bond acceptors (Lipinski definition) is 4. The Morgan fingerprint density at radius 2 is 1.43 bits per heavy atom. The monoisotopic (exact) mass is 206 g/mol. The van der Waals surface area contributed by atoms with Crippen LogP contribution in [0.25, 0.3) is 0 Å². The Labute approximate surface area is 85.2 Å². The predicted molar refractivity (Wildman–Crippen MR) is 53.7 cm³/mol. The molecule has 86 valence electrons. The van der Waals surface area contributed by atoms with Crippen LogP contribution in [0.3, 0.4) is 0 Å². The fourth-order valence-corrected chi connectivity index (χ4v) is 1.29. The Morgan fingerprint density at radius 3 is 1.79 bits per heavy atom. The van der Waals surface area contributed by atoms with Gasteiger partial charge in [0.25, 0.3) is 0 Å². The average molecular weight is 206 g/mol. The van der Waals surface area contributed by atoms with Crippen molar-refractivity contribution in [2.24, 2.45) is 11.8 Å². The molecule has 0 fully saturated rings. The molecule has 0 heterocycles. The van der Waals surface area contributed by atoms with E-state index >= 15 is 0 Å². The molecule has 0 aliphatic rings. The maximum absolute atomic E-state index is 9.53. The SMILES string of the molecule is CC(C)C[C@@H](O)[C@@H](O)[C@H](O)[C@@H](C)CO. The van der Waals surface area contributed by atoms with Crippen molar-refractivity contribution >= 4 is 0 Å². The number of aliphatic hydroxyl groups excluding tert-OH is 4. The zero-order valence-corrected chi connectivity index (χ0v) is 9.09. The summed E-state index contributed by atoms with van der Waals surface area (Å²) >= 11 is 0. The van der Waals surface area contributed by atoms with Gasteiger partial charge in [0.15, 0.2) is 0 Å². The molecular weight excluding hydrogens is 184 g/mol. The molecule has 0 spiro atoms. The Bertz CT molecular complexity index is 149. The first kappa shape index (κ1) is 13.8. The van der Waals surface area contributed by atoms with Crippen LogP contribution in [0.15, 0.2) is 0 Å². The van der Waals surface area contributed by atoms with Crippen molar-refractivity contribution in [1.29, 1.82) is 0 Å². The van der Waals surface area contributed by atoms with E-state index in [4.69, 9.17) is 5.11 Å². The third-order valence-electron chi connectivity index (χ3n) is 2.33. The van der Waals surface area contributed by atoms with E-state index in [1.54, 1.807) is 6.92 Å². The molecule has 0 rings (SSSR count). The average Bonchev–Trinajstić information content (AvgIpc) is 2.13. The van der Waals surface area contributed by atoms with E-state index in [1.165, 1.54) is 0 Å². The molecule has 0 unspecified atom stereocenters. The summed E-state index contributed by atoms with van der Waals surface area (Å²) in [6, 6.07) is 0. The van der Waals surface area contributed by atoms with Gasteiger partial charge in [-0.15, -0.1) is 0 Å². The second-order valence-corrected chi connectivity index (χ2v) is 4.34. The summed E-state index contributed by atoms with van der Waals surface area (Å²) in [5.74, 6) is -0.164. The third kappa shape index (κ3) is 4.37. The number of hydrogen-bond donors (Lipinski definition) is 4. The lowest BCUT2D eigenvalue weighted by Crippen LogP contribution is -2.42. The summed E-state index contributed by atoms with van der Waals surface area (Å²) in [4.78, 5) is 0. The summed E-state index contributed by atoms with van der Waals surface area (Å²) in [5, 5.41) is 37.3. The van der Waals surface area contributed by atoms with Crippen LogP contribution in [-0.4, -0.2) is 45.3 Å². The Kier molecular flexibility index (Phi) is 6.27. The van der Waals surface area contributed by atoms with E-state index < -0.39 is 24.2 Å². The van der Waals surface area contributed by atoms with E-state index in [9.17, 15) is 15.3 Å². The first-order valence-electron chi connectivity index (χ1n) is 5.05. The highest BCUT2D eigenvalue weighted by Crippen LogP contribution is 2.15. The number of rotatable bonds is 6. The van der Waals surface area contributed by atoms with Crippen LogP contribution in [0.2, 0.25) is 0 Å². The van der Waals surface area contributed by atoms with Gasteiger partial charge in [0.05, 0.1) is 12.2 Å². The summed E-state index contributed by atoms with van der Waals surface area (Å²) in [5.41, 5.74) is 0. The van der Waals surface area contributed by atoms with Crippen molar-refractivity contribution in [2.75, 3.05) is 6.61 Å². The van der Waals surface area contributed by atoms with Gasteiger partial charge in [-0.05, 0) is 12.3 Å². The first-order chi connectivity index (χ1) is 6.40. The predicted octanol–water partition coefficient (Wildman–Crippen LogP) is -0.256. The second kappa shape index (κ2) is 6.35. The molecule has 14 heavy (non-hydrogen) atoms. The summed E-state index contributed by atoms with van der Waals surface area (Å²) in [7, 11) is 0. The smallest absolute Gasteiger partial charge is 0.106 e. The van der Waals surface area contributed by atoms with Crippen molar-refractivity contribution in [3.8, 4) is 0 Å². The Morgan fingerprint density at radius 1 is 0.929 bits per heavy atom. The topological polar surface area (TPSA) is 80.9 Å². The normalized spacial score (nSPS) is 20.6. The van der Waals surface area contributed by atoms with Crippen molar-refractivity contribution in [3.63, 3.8) is 0 Å². The first-order valence-corrected chi connectivity index (χ1v) is 5.05. The Hall–Kier alpha value is -0.160. The van der Waals surface area contributed by atoms with Crippen LogP contribution in [0, 0.1) is 11.8 Å². The molecule has 0 saturated heterocycles. The van der Waals surface area contributed by atoms with Crippen molar-refractivity contribution in [2.45, 2.75) is 45.5 Å². The molecule has 0 aromatic rings. The van der Waals surface area contributed by atoms with Gasteiger partial charge in [-0.25, -0.2) is 0 Å². The lowest BCUT2D eigenvalue weighted by atomic mass is 9.93. The van der Waals surface area contributed by atoms with Crippen molar-refractivity contribution in [1.82, 2.24) is 0 Å². The molecule has 0 radical (unpaired) electrons. The van der Waals surface area contributed by atoms with Gasteiger partial charge in [-0.2, -0.15) is 0 Å². The van der Waals surface area contributed by atoms with Crippen LogP contribution < -0.4 is 0 Å². The van der Waals surface area contributed by atoms with E-state index in [0.717, 1.165) is 0 Å². The van der Waals surface area contributed by atoms with Gasteiger partial charge in [0, 0.05) is 12.5 Å². The minimum Gasteiger partial charge on any atom is -0.396 e. The Balaban J connectivity index is 4.09. The van der Waals surface area contributed by atoms with Crippen LogP contribution in [0.5, 0.6) is 0 Å². The molecule has 0 aromatic carbocycles. The molecule has 0 aliphatic carbocycles. The van der Waals surface area contributed by atoms with E-state index in [2.05, 4.69) is 0 Å². The van der Waals surface area contributed by atoms with Gasteiger partial charge in [0.2, 0.25) is 0 Å². The highest BCUT2D eigenvalue weighted by Gasteiger charge is 2.28. The lowest BCUT2D eigenvalue weighted by molar-refractivity contribution is -0.0897. The molecule has 0 amide bonds. The minimum atomic E-state index is -1.18. The molecule has 0 saturated carbocycles. The molecule has 4 heteroatoms. The molecular formula is C10H22O4. The zero-order valence-electron chi connectivity index (χ0n) is 9.09. The molecule has 4 N–H and O–H groups in total. The van der Waals surface area contributed by atoms with Crippen LogP contribution >= 0.6 is 0 Å². The maximum Gasteiger partial charge on any atom is 0.106 e. The quantitative estimate of drug-likeness (QED) is 0.483. The van der Waals surface area contributed by atoms with Crippen molar-refractivity contribution < 1.29 is 20.4 Å².